The van der Waals surface area contributed by atoms with Crippen molar-refractivity contribution in [3.05, 3.63) is 29.3 Å². The molecule has 2 N–H and O–H groups in total. The van der Waals surface area contributed by atoms with Gasteiger partial charge in [0.05, 0.1) is 5.41 Å². The van der Waals surface area contributed by atoms with Crippen molar-refractivity contribution in [3.63, 3.8) is 0 Å². The van der Waals surface area contributed by atoms with Crippen LogP contribution in [0, 0.1) is 11.6 Å². The number of rotatable bonds is 2. The van der Waals surface area contributed by atoms with Crippen molar-refractivity contribution in [2.45, 2.75) is 18.3 Å². The molecule has 3 nitrogen and oxygen atoms in total. The van der Waals surface area contributed by atoms with Crippen LogP contribution in [0.1, 0.15) is 18.4 Å². The molecule has 5 heteroatoms. The van der Waals surface area contributed by atoms with Crippen molar-refractivity contribution >= 4 is 5.97 Å². The molecule has 0 heterocycles. The second-order valence-electron chi connectivity index (χ2n) is 3.67. The van der Waals surface area contributed by atoms with Gasteiger partial charge in [-0.1, -0.05) is 0 Å². The Morgan fingerprint density at radius 3 is 2.27 bits per heavy atom. The van der Waals surface area contributed by atoms with Gasteiger partial charge in [0.1, 0.15) is 5.75 Å². The molecule has 80 valence electrons. The summed E-state index contributed by atoms with van der Waals surface area (Å²) >= 11 is 0. The maximum atomic E-state index is 12.9. The number of aromatic hydroxyl groups is 1. The molecular formula is C10H8F2O3. The fourth-order valence-electron chi connectivity index (χ4n) is 1.64. The topological polar surface area (TPSA) is 57.5 Å². The van der Waals surface area contributed by atoms with E-state index in [1.54, 1.807) is 0 Å². The summed E-state index contributed by atoms with van der Waals surface area (Å²) < 4.78 is 25.6. The highest BCUT2D eigenvalue weighted by Crippen LogP contribution is 2.51. The zero-order valence-electron chi connectivity index (χ0n) is 7.63. The van der Waals surface area contributed by atoms with Gasteiger partial charge in [-0.2, -0.15) is 0 Å². The Bertz CT molecular complexity index is 439. The number of benzene rings is 1. The Kier molecular flexibility index (Phi) is 1.92. The first-order valence-electron chi connectivity index (χ1n) is 4.39. The number of carboxylic acids is 1. The highest BCUT2D eigenvalue weighted by molar-refractivity contribution is 5.85. The molecule has 1 saturated carbocycles. The highest BCUT2D eigenvalue weighted by atomic mass is 19.2. The molecule has 0 amide bonds. The van der Waals surface area contributed by atoms with E-state index in [-0.39, 0.29) is 5.56 Å². The summed E-state index contributed by atoms with van der Waals surface area (Å²) in [7, 11) is 0. The van der Waals surface area contributed by atoms with Gasteiger partial charge in [0.25, 0.3) is 0 Å². The third-order valence-electron chi connectivity index (χ3n) is 2.71. The van der Waals surface area contributed by atoms with Crippen molar-refractivity contribution in [3.8, 4) is 5.75 Å². The van der Waals surface area contributed by atoms with Crippen LogP contribution in [-0.2, 0) is 10.2 Å². The van der Waals surface area contributed by atoms with Crippen molar-refractivity contribution in [1.82, 2.24) is 0 Å². The van der Waals surface area contributed by atoms with Crippen LogP contribution in [0.4, 0.5) is 8.78 Å². The number of halogens is 2. The number of hydrogen-bond donors (Lipinski definition) is 2. The van der Waals surface area contributed by atoms with E-state index < -0.39 is 28.8 Å². The highest BCUT2D eigenvalue weighted by Gasteiger charge is 2.53. The molecule has 0 aliphatic heterocycles. The van der Waals surface area contributed by atoms with Crippen molar-refractivity contribution < 1.29 is 23.8 Å². The fraction of sp³-hybridized carbons (Fsp3) is 0.300. The monoisotopic (exact) mass is 214 g/mol. The minimum absolute atomic E-state index is 0.0473. The molecular weight excluding hydrogens is 206 g/mol. The second kappa shape index (κ2) is 2.92. The molecule has 0 bridgehead atoms. The third-order valence-corrected chi connectivity index (χ3v) is 2.71. The first-order chi connectivity index (χ1) is 6.97. The lowest BCUT2D eigenvalue weighted by Crippen LogP contribution is -2.20. The van der Waals surface area contributed by atoms with Gasteiger partial charge < -0.3 is 10.2 Å². The molecule has 1 aromatic carbocycles. The normalized spacial score (nSPS) is 17.5. The maximum absolute atomic E-state index is 12.9. The lowest BCUT2D eigenvalue weighted by molar-refractivity contribution is -0.140. The van der Waals surface area contributed by atoms with E-state index in [2.05, 4.69) is 0 Å². The minimum atomic E-state index is -1.22. The molecule has 1 aliphatic carbocycles. The second-order valence-corrected chi connectivity index (χ2v) is 3.67. The molecule has 0 radical (unpaired) electrons. The van der Waals surface area contributed by atoms with E-state index in [4.69, 9.17) is 5.11 Å². The number of hydrogen-bond acceptors (Lipinski definition) is 2. The quantitative estimate of drug-likeness (QED) is 0.789. The first-order valence-corrected chi connectivity index (χ1v) is 4.39. The number of carbonyl (C=O) groups is 1. The van der Waals surface area contributed by atoms with E-state index in [1.807, 2.05) is 0 Å². The van der Waals surface area contributed by atoms with Gasteiger partial charge in [0.15, 0.2) is 11.6 Å². The summed E-state index contributed by atoms with van der Waals surface area (Å²) in [6.07, 6.45) is 0.669. The summed E-state index contributed by atoms with van der Waals surface area (Å²) in [5.41, 5.74) is -1.27. The predicted octanol–water partition coefficient (Wildman–Crippen LogP) is 1.79. The van der Waals surface area contributed by atoms with Crippen LogP contribution in [0.15, 0.2) is 12.1 Å². The van der Waals surface area contributed by atoms with Crippen LogP contribution < -0.4 is 0 Å². The van der Waals surface area contributed by atoms with Crippen LogP contribution in [-0.4, -0.2) is 16.2 Å². The first kappa shape index (κ1) is 9.89. The van der Waals surface area contributed by atoms with Crippen LogP contribution in [0.3, 0.4) is 0 Å². The smallest absolute Gasteiger partial charge is 0.314 e. The standard InChI is InChI=1S/C10H8F2O3/c11-6-3-5(8(13)4-7(6)12)10(1-2-10)9(14)15/h3-4,13H,1-2H2,(H,14,15). The van der Waals surface area contributed by atoms with Crippen LogP contribution in [0.5, 0.6) is 5.75 Å². The molecule has 2 rings (SSSR count). The zero-order chi connectivity index (χ0) is 11.2. The Balaban J connectivity index is 2.54. The van der Waals surface area contributed by atoms with E-state index in [0.29, 0.717) is 18.9 Å². The lowest BCUT2D eigenvalue weighted by Gasteiger charge is -2.12. The van der Waals surface area contributed by atoms with Gasteiger partial charge >= 0.3 is 5.97 Å². The van der Waals surface area contributed by atoms with Gasteiger partial charge in [-0.25, -0.2) is 8.78 Å². The Morgan fingerprint density at radius 1 is 1.27 bits per heavy atom. The lowest BCUT2D eigenvalue weighted by atomic mass is 9.95. The number of phenols is 1. The number of phenolic OH excluding ortho intramolecular Hbond substituents is 1. The summed E-state index contributed by atoms with van der Waals surface area (Å²) in [5.74, 6) is -3.95. The summed E-state index contributed by atoms with van der Waals surface area (Å²) in [6, 6.07) is 1.36. The third kappa shape index (κ3) is 1.35. The van der Waals surface area contributed by atoms with Crippen LogP contribution >= 0.6 is 0 Å². The molecule has 0 spiro atoms. The SMILES string of the molecule is O=C(O)C1(c2cc(F)c(F)cc2O)CC1. The number of aliphatic carboxylic acids is 1. The van der Waals surface area contributed by atoms with Crippen molar-refractivity contribution in [2.75, 3.05) is 0 Å². The molecule has 0 saturated heterocycles. The van der Waals surface area contributed by atoms with Crippen molar-refractivity contribution in [2.24, 2.45) is 0 Å². The largest absolute Gasteiger partial charge is 0.508 e. The fourth-order valence-corrected chi connectivity index (χ4v) is 1.64. The van der Waals surface area contributed by atoms with Gasteiger partial charge in [0.2, 0.25) is 0 Å². The molecule has 0 atom stereocenters. The predicted molar refractivity (Wildman–Crippen MR) is 46.6 cm³/mol. The Labute approximate surface area is 84.0 Å². The van der Waals surface area contributed by atoms with Gasteiger partial charge in [-0.3, -0.25) is 4.79 Å². The van der Waals surface area contributed by atoms with Gasteiger partial charge in [-0.15, -0.1) is 0 Å². The Morgan fingerprint density at radius 2 is 1.80 bits per heavy atom. The minimum Gasteiger partial charge on any atom is -0.508 e. The van der Waals surface area contributed by atoms with Gasteiger partial charge in [0, 0.05) is 11.6 Å². The summed E-state index contributed by atoms with van der Waals surface area (Å²) in [5, 5.41) is 18.3. The zero-order valence-corrected chi connectivity index (χ0v) is 7.63. The average molecular weight is 214 g/mol. The van der Waals surface area contributed by atoms with Crippen LogP contribution in [0.25, 0.3) is 0 Å². The van der Waals surface area contributed by atoms with E-state index >= 15 is 0 Å². The molecule has 1 aliphatic rings. The summed E-state index contributed by atoms with van der Waals surface area (Å²) in [6.45, 7) is 0. The van der Waals surface area contributed by atoms with E-state index in [9.17, 15) is 18.7 Å². The average Bonchev–Trinajstić information content (AvgIpc) is 2.92. The molecule has 1 aromatic rings. The Hall–Kier alpha value is -1.65. The summed E-state index contributed by atoms with van der Waals surface area (Å²) in [4.78, 5) is 10.9. The van der Waals surface area contributed by atoms with E-state index in [0.717, 1.165) is 6.07 Å². The number of carboxylic acid groups (broad SMARTS) is 1. The molecule has 1 fully saturated rings. The molecule has 0 aromatic heterocycles. The molecule has 15 heavy (non-hydrogen) atoms. The molecule has 0 unspecified atom stereocenters. The maximum Gasteiger partial charge on any atom is 0.314 e. The van der Waals surface area contributed by atoms with Gasteiger partial charge in [-0.05, 0) is 18.9 Å². The van der Waals surface area contributed by atoms with Crippen molar-refractivity contribution in [1.29, 1.82) is 0 Å². The van der Waals surface area contributed by atoms with E-state index in [1.165, 1.54) is 0 Å². The van der Waals surface area contributed by atoms with Crippen LogP contribution in [0.2, 0.25) is 0 Å².